The molecule has 0 aliphatic carbocycles. The molecule has 0 saturated carbocycles. The third-order valence-corrected chi connectivity index (χ3v) is 5.44. The molecule has 0 aliphatic heterocycles. The minimum atomic E-state index is 1.27. The van der Waals surface area contributed by atoms with Crippen LogP contribution in [-0.2, 0) is 0 Å². The van der Waals surface area contributed by atoms with Crippen molar-refractivity contribution in [1.82, 2.24) is 0 Å². The molecule has 0 aromatic heterocycles. The molecule has 0 heterocycles. The molecule has 0 unspecified atom stereocenters. The number of hydrogen-bond donors (Lipinski definition) is 0. The van der Waals surface area contributed by atoms with Crippen molar-refractivity contribution < 1.29 is 0 Å². The van der Waals surface area contributed by atoms with E-state index in [-0.39, 0.29) is 0 Å². The Hall–Kier alpha value is -1.48. The van der Waals surface area contributed by atoms with Gasteiger partial charge in [-0.2, -0.15) is 0 Å². The van der Waals surface area contributed by atoms with Crippen molar-refractivity contribution >= 4 is 38.4 Å². The van der Waals surface area contributed by atoms with Gasteiger partial charge in [-0.25, -0.2) is 21.2 Å². The van der Waals surface area contributed by atoms with Crippen LogP contribution in [0.3, 0.4) is 0 Å². The Morgan fingerprint density at radius 1 is 0.400 bits per heavy atom. The second-order valence-corrected chi connectivity index (χ2v) is 6.83. The Kier molecular flexibility index (Phi) is 4.59. The van der Waals surface area contributed by atoms with E-state index in [2.05, 4.69) is 84.9 Å². The van der Waals surface area contributed by atoms with E-state index in [1.54, 1.807) is 0 Å². The zero-order valence-electron chi connectivity index (χ0n) is 11.0. The molecular weight excluding hydrogens is 278 g/mol. The van der Waals surface area contributed by atoms with E-state index in [9.17, 15) is 0 Å². The van der Waals surface area contributed by atoms with E-state index in [1.165, 1.54) is 38.4 Å². The molecule has 0 N–H and O–H groups in total. The third-order valence-electron chi connectivity index (χ3n) is 2.89. The van der Waals surface area contributed by atoms with Crippen molar-refractivity contribution in [3.63, 3.8) is 0 Å². The minimum absolute atomic E-state index is 1.27. The van der Waals surface area contributed by atoms with Crippen LogP contribution in [0.5, 0.6) is 0 Å². The number of rotatable bonds is 4. The van der Waals surface area contributed by atoms with Crippen LogP contribution in [0.25, 0.3) is 0 Å². The maximum atomic E-state index is 2.22. The van der Waals surface area contributed by atoms with Crippen molar-refractivity contribution in [2.24, 2.45) is 0 Å². The summed E-state index contributed by atoms with van der Waals surface area (Å²) in [6, 6.07) is 29.9. The summed E-state index contributed by atoms with van der Waals surface area (Å²) in [6.45, 7) is 0. The average Bonchev–Trinajstić information content (AvgIpc) is 2.51. The van der Waals surface area contributed by atoms with Crippen LogP contribution >= 0.6 is 17.2 Å². The lowest BCUT2D eigenvalue weighted by molar-refractivity contribution is 1.77. The monoisotopic (exact) mass is 292 g/mol. The molecule has 0 atom stereocenters. The van der Waals surface area contributed by atoms with Gasteiger partial charge >= 0.3 is 0 Å². The van der Waals surface area contributed by atoms with Crippen LogP contribution in [-0.4, -0.2) is 0 Å². The Morgan fingerprint density at radius 3 is 1.15 bits per heavy atom. The van der Waals surface area contributed by atoms with Gasteiger partial charge in [-0.1, -0.05) is 84.9 Å². The zero-order valence-corrected chi connectivity index (χ0v) is 12.8. The normalized spacial score (nSPS) is 11.6. The second-order valence-electron chi connectivity index (χ2n) is 4.38. The molecule has 0 radical (unpaired) electrons. The number of benzene rings is 3. The molecular formula is C18H14P2-2. The summed E-state index contributed by atoms with van der Waals surface area (Å²) in [6.07, 6.45) is 0. The van der Waals surface area contributed by atoms with E-state index in [1.807, 2.05) is 0 Å². The fourth-order valence-electron chi connectivity index (χ4n) is 1.94. The fraction of sp³-hybridized carbons (Fsp3) is 0. The third kappa shape index (κ3) is 3.54. The van der Waals surface area contributed by atoms with E-state index in [0.29, 0.717) is 0 Å². The zero-order chi connectivity index (χ0) is 13.6. The fourth-order valence-corrected chi connectivity index (χ4v) is 4.13. The topological polar surface area (TPSA) is 0 Å². The van der Waals surface area contributed by atoms with Gasteiger partial charge in [0.25, 0.3) is 0 Å². The molecule has 0 saturated heterocycles. The molecule has 0 aliphatic rings. The highest BCUT2D eigenvalue weighted by Gasteiger charge is 1.85. The van der Waals surface area contributed by atoms with Crippen molar-refractivity contribution in [2.45, 2.75) is 0 Å². The largest absolute Gasteiger partial charge is 0.475 e. The van der Waals surface area contributed by atoms with Crippen molar-refractivity contribution in [3.05, 3.63) is 84.9 Å². The second kappa shape index (κ2) is 6.80. The van der Waals surface area contributed by atoms with Gasteiger partial charge in [-0.3, -0.25) is 0 Å². The van der Waals surface area contributed by atoms with Gasteiger partial charge < -0.3 is 17.2 Å². The van der Waals surface area contributed by atoms with Crippen LogP contribution in [0.4, 0.5) is 0 Å². The first kappa shape index (κ1) is 13.5. The van der Waals surface area contributed by atoms with Gasteiger partial charge in [0.15, 0.2) is 0 Å². The Bertz CT molecular complexity index is 603. The van der Waals surface area contributed by atoms with Gasteiger partial charge in [0, 0.05) is 0 Å². The number of hydrogen-bond acceptors (Lipinski definition) is 0. The lowest BCUT2D eigenvalue weighted by Crippen LogP contribution is -2.20. The minimum Gasteiger partial charge on any atom is -0.475 e. The van der Waals surface area contributed by atoms with Gasteiger partial charge in [0.05, 0.1) is 0 Å². The summed E-state index contributed by atoms with van der Waals surface area (Å²) in [4.78, 5) is 0. The van der Waals surface area contributed by atoms with Crippen LogP contribution in [0.1, 0.15) is 0 Å². The molecule has 0 nitrogen and oxygen atoms in total. The maximum Gasteiger partial charge on any atom is -0.0624 e. The molecule has 0 bridgehead atoms. The van der Waals surface area contributed by atoms with Crippen molar-refractivity contribution in [3.8, 4) is 0 Å². The molecule has 0 fully saturated rings. The van der Waals surface area contributed by atoms with E-state index >= 15 is 0 Å². The summed E-state index contributed by atoms with van der Waals surface area (Å²) in [5, 5.41) is 5.43. The Morgan fingerprint density at radius 2 is 0.750 bits per heavy atom. The van der Waals surface area contributed by atoms with E-state index in [4.69, 9.17) is 0 Å². The highest BCUT2D eigenvalue weighted by molar-refractivity contribution is 7.62. The lowest BCUT2D eigenvalue weighted by atomic mass is 10.4. The van der Waals surface area contributed by atoms with Gasteiger partial charge in [0.1, 0.15) is 0 Å². The van der Waals surface area contributed by atoms with Crippen LogP contribution in [0.2, 0.25) is 0 Å². The maximum absolute atomic E-state index is 2.22. The van der Waals surface area contributed by atoms with Crippen LogP contribution in [0.15, 0.2) is 84.9 Å². The standard InChI is InChI=1S/C18H14P2/c1-3-9-15(10-4-1)19-17-13-7-8-14-18(17)20-16-11-5-2-6-12-16/h1-14H/q-2. The lowest BCUT2D eigenvalue weighted by Gasteiger charge is -2.31. The van der Waals surface area contributed by atoms with Gasteiger partial charge in [-0.05, 0) is 0 Å². The predicted octanol–water partition coefficient (Wildman–Crippen LogP) is 3.48. The molecule has 3 rings (SSSR count). The molecule has 3 aromatic carbocycles. The van der Waals surface area contributed by atoms with Crippen molar-refractivity contribution in [2.75, 3.05) is 0 Å². The van der Waals surface area contributed by atoms with Crippen LogP contribution in [0, 0.1) is 0 Å². The summed E-state index contributed by atoms with van der Waals surface area (Å²) in [5.74, 6) is 0. The Labute approximate surface area is 123 Å². The Balaban J connectivity index is 1.85. The first-order valence-corrected chi connectivity index (χ1v) is 8.33. The average molecular weight is 292 g/mol. The molecule has 3 aromatic rings. The van der Waals surface area contributed by atoms with Gasteiger partial charge in [0.2, 0.25) is 0 Å². The summed E-state index contributed by atoms with van der Waals surface area (Å²) in [7, 11) is 2.55. The smallest absolute Gasteiger partial charge is 0.0624 e. The summed E-state index contributed by atoms with van der Waals surface area (Å²) < 4.78 is 0. The quantitative estimate of drug-likeness (QED) is 0.646. The summed E-state index contributed by atoms with van der Waals surface area (Å²) in [5.41, 5.74) is 0. The van der Waals surface area contributed by atoms with E-state index in [0.717, 1.165) is 0 Å². The molecule has 0 amide bonds. The molecule has 2 heteroatoms. The molecule has 0 spiro atoms. The molecule has 98 valence electrons. The highest BCUT2D eigenvalue weighted by Crippen LogP contribution is 2.15. The van der Waals surface area contributed by atoms with E-state index < -0.39 is 0 Å². The highest BCUT2D eigenvalue weighted by atomic mass is 31.1. The molecule has 20 heavy (non-hydrogen) atoms. The summed E-state index contributed by atoms with van der Waals surface area (Å²) >= 11 is 0. The SMILES string of the molecule is c1ccc([P-]c2ccccc2[P-]c2ccccc2)cc1. The first-order chi connectivity index (χ1) is 9.92. The van der Waals surface area contributed by atoms with Crippen LogP contribution < -0.4 is 21.2 Å². The predicted molar refractivity (Wildman–Crippen MR) is 91.7 cm³/mol. The van der Waals surface area contributed by atoms with Crippen molar-refractivity contribution in [1.29, 1.82) is 0 Å². The first-order valence-electron chi connectivity index (χ1n) is 6.54. The van der Waals surface area contributed by atoms with Gasteiger partial charge in [-0.15, -0.1) is 0 Å².